The van der Waals surface area contributed by atoms with Crippen LogP contribution in [0.1, 0.15) is 48.8 Å². The number of hydrogen-bond donors (Lipinski definition) is 1. The van der Waals surface area contributed by atoms with Gasteiger partial charge in [0.05, 0.1) is 6.10 Å². The van der Waals surface area contributed by atoms with Crippen molar-refractivity contribution >= 4 is 0 Å². The predicted octanol–water partition coefficient (Wildman–Crippen LogP) is 2.67. The van der Waals surface area contributed by atoms with Crippen LogP contribution in [0.5, 0.6) is 0 Å². The van der Waals surface area contributed by atoms with Crippen molar-refractivity contribution in [3.8, 4) is 0 Å². The summed E-state index contributed by atoms with van der Waals surface area (Å²) in [6.45, 7) is 2.56. The molecule has 1 heterocycles. The Labute approximate surface area is 122 Å². The number of benzene rings is 1. The number of likely N-dealkylation sites (N-methyl/N-ethyl adjacent to an activating group) is 1. The maximum Gasteiger partial charge on any atom is 0.0702 e. The van der Waals surface area contributed by atoms with Gasteiger partial charge >= 0.3 is 0 Å². The number of hydrogen-bond acceptors (Lipinski definition) is 3. The van der Waals surface area contributed by atoms with E-state index in [1.165, 1.54) is 36.8 Å². The monoisotopic (exact) mass is 274 g/mol. The van der Waals surface area contributed by atoms with E-state index in [1.807, 2.05) is 0 Å². The molecule has 1 aromatic rings. The van der Waals surface area contributed by atoms with Gasteiger partial charge in [-0.1, -0.05) is 24.3 Å². The Morgan fingerprint density at radius 1 is 1.25 bits per heavy atom. The summed E-state index contributed by atoms with van der Waals surface area (Å²) in [6.07, 6.45) is 5.49. The summed E-state index contributed by atoms with van der Waals surface area (Å²) in [5, 5.41) is 0. The minimum Gasteiger partial charge on any atom is -0.377 e. The molecule has 0 bridgehead atoms. The van der Waals surface area contributed by atoms with Gasteiger partial charge in [0.2, 0.25) is 0 Å². The molecule has 1 aliphatic heterocycles. The molecule has 2 aliphatic rings. The van der Waals surface area contributed by atoms with Crippen molar-refractivity contribution in [2.75, 3.05) is 26.7 Å². The van der Waals surface area contributed by atoms with Crippen molar-refractivity contribution in [2.45, 2.75) is 43.7 Å². The molecule has 0 radical (unpaired) electrons. The number of nitrogens with two attached hydrogens (primary N) is 1. The first kappa shape index (κ1) is 14.1. The fourth-order valence-electron chi connectivity index (χ4n) is 3.21. The largest absolute Gasteiger partial charge is 0.377 e. The molecule has 20 heavy (non-hydrogen) atoms. The lowest BCUT2D eigenvalue weighted by molar-refractivity contribution is 0.0689. The van der Waals surface area contributed by atoms with E-state index < -0.39 is 0 Å². The first-order valence-corrected chi connectivity index (χ1v) is 7.89. The quantitative estimate of drug-likeness (QED) is 0.867. The second kappa shape index (κ2) is 6.25. The maximum absolute atomic E-state index is 6.01. The molecule has 3 heteroatoms. The Hall–Kier alpha value is -0.900. The molecular weight excluding hydrogens is 248 g/mol. The molecule has 2 fully saturated rings. The molecule has 2 unspecified atom stereocenters. The van der Waals surface area contributed by atoms with E-state index in [-0.39, 0.29) is 0 Å². The number of ether oxygens (including phenoxy) is 1. The first-order valence-electron chi connectivity index (χ1n) is 7.89. The van der Waals surface area contributed by atoms with Gasteiger partial charge in [0, 0.05) is 25.7 Å². The van der Waals surface area contributed by atoms with Crippen LogP contribution in [0.15, 0.2) is 24.3 Å². The standard InChI is InChI=1S/C17H26N2O/c1-19(12-16-3-2-10-20-16)17(11-18)15-8-6-14(7-9-15)13-4-5-13/h6-9,13,16-17H,2-5,10-12,18H2,1H3. The minimum absolute atomic E-state index is 0.299. The number of rotatable bonds is 6. The van der Waals surface area contributed by atoms with Gasteiger partial charge in [-0.3, -0.25) is 4.90 Å². The molecule has 1 saturated carbocycles. The van der Waals surface area contributed by atoms with Gasteiger partial charge in [0.25, 0.3) is 0 Å². The van der Waals surface area contributed by atoms with Crippen LogP contribution in [0.3, 0.4) is 0 Å². The maximum atomic E-state index is 6.01. The van der Waals surface area contributed by atoms with Crippen molar-refractivity contribution in [3.63, 3.8) is 0 Å². The van der Waals surface area contributed by atoms with Gasteiger partial charge in [-0.2, -0.15) is 0 Å². The molecule has 110 valence electrons. The average molecular weight is 274 g/mol. The minimum atomic E-state index is 0.299. The van der Waals surface area contributed by atoms with Crippen molar-refractivity contribution < 1.29 is 4.74 Å². The highest BCUT2D eigenvalue weighted by atomic mass is 16.5. The van der Waals surface area contributed by atoms with Gasteiger partial charge in [0.1, 0.15) is 0 Å². The summed E-state index contributed by atoms with van der Waals surface area (Å²) in [6, 6.07) is 9.40. The fourth-order valence-corrected chi connectivity index (χ4v) is 3.21. The van der Waals surface area contributed by atoms with E-state index in [2.05, 4.69) is 36.2 Å². The molecule has 2 atom stereocenters. The lowest BCUT2D eigenvalue weighted by Crippen LogP contribution is -2.36. The van der Waals surface area contributed by atoms with Gasteiger partial charge in [-0.25, -0.2) is 0 Å². The second-order valence-corrected chi connectivity index (χ2v) is 6.27. The van der Waals surface area contributed by atoms with Crippen LogP contribution in [0, 0.1) is 0 Å². The van der Waals surface area contributed by atoms with E-state index in [4.69, 9.17) is 10.5 Å². The summed E-state index contributed by atoms with van der Waals surface area (Å²) in [7, 11) is 2.16. The zero-order valence-electron chi connectivity index (χ0n) is 12.4. The molecular formula is C17H26N2O. The van der Waals surface area contributed by atoms with Gasteiger partial charge < -0.3 is 10.5 Å². The Morgan fingerprint density at radius 2 is 2.00 bits per heavy atom. The van der Waals surface area contributed by atoms with Crippen LogP contribution in [-0.2, 0) is 4.74 Å². The van der Waals surface area contributed by atoms with Crippen LogP contribution in [0.4, 0.5) is 0 Å². The topological polar surface area (TPSA) is 38.5 Å². The van der Waals surface area contributed by atoms with Crippen LogP contribution < -0.4 is 5.73 Å². The van der Waals surface area contributed by atoms with Gasteiger partial charge in [-0.05, 0) is 49.8 Å². The highest BCUT2D eigenvalue weighted by molar-refractivity contribution is 5.29. The molecule has 2 N–H and O–H groups in total. The molecule has 1 aromatic carbocycles. The summed E-state index contributed by atoms with van der Waals surface area (Å²) < 4.78 is 5.73. The Kier molecular flexibility index (Phi) is 4.39. The predicted molar refractivity (Wildman–Crippen MR) is 81.8 cm³/mol. The summed E-state index contributed by atoms with van der Waals surface area (Å²) in [5.74, 6) is 0.824. The van der Waals surface area contributed by atoms with E-state index in [9.17, 15) is 0 Å². The molecule has 0 aromatic heterocycles. The van der Waals surface area contributed by atoms with Crippen molar-refractivity contribution in [1.82, 2.24) is 4.90 Å². The van der Waals surface area contributed by atoms with Crippen molar-refractivity contribution in [3.05, 3.63) is 35.4 Å². The third-order valence-corrected chi connectivity index (χ3v) is 4.64. The smallest absolute Gasteiger partial charge is 0.0702 e. The average Bonchev–Trinajstić information content (AvgIpc) is 3.19. The Morgan fingerprint density at radius 3 is 2.55 bits per heavy atom. The van der Waals surface area contributed by atoms with E-state index in [1.54, 1.807) is 0 Å². The Bertz CT molecular complexity index is 421. The molecule has 0 spiro atoms. The van der Waals surface area contributed by atoms with E-state index >= 15 is 0 Å². The third kappa shape index (κ3) is 3.22. The lowest BCUT2D eigenvalue weighted by Gasteiger charge is -2.29. The molecule has 1 saturated heterocycles. The highest BCUT2D eigenvalue weighted by Gasteiger charge is 2.25. The van der Waals surface area contributed by atoms with E-state index in [0.29, 0.717) is 18.7 Å². The van der Waals surface area contributed by atoms with Crippen molar-refractivity contribution in [1.29, 1.82) is 0 Å². The zero-order chi connectivity index (χ0) is 13.9. The van der Waals surface area contributed by atoms with Gasteiger partial charge in [-0.15, -0.1) is 0 Å². The summed E-state index contributed by atoms with van der Waals surface area (Å²) in [5.41, 5.74) is 8.83. The van der Waals surface area contributed by atoms with Crippen LogP contribution >= 0.6 is 0 Å². The first-order chi connectivity index (χ1) is 9.78. The number of nitrogens with zero attached hydrogens (tertiary/aromatic N) is 1. The SMILES string of the molecule is CN(CC1CCCO1)C(CN)c1ccc(C2CC2)cc1. The second-order valence-electron chi connectivity index (χ2n) is 6.27. The van der Waals surface area contributed by atoms with Crippen LogP contribution in [-0.4, -0.2) is 37.7 Å². The molecule has 3 nitrogen and oxygen atoms in total. The molecule has 0 amide bonds. The fraction of sp³-hybridized carbons (Fsp3) is 0.647. The Balaban J connectivity index is 1.64. The zero-order valence-corrected chi connectivity index (χ0v) is 12.4. The third-order valence-electron chi connectivity index (χ3n) is 4.64. The summed E-state index contributed by atoms with van der Waals surface area (Å²) in [4.78, 5) is 2.35. The van der Waals surface area contributed by atoms with E-state index in [0.717, 1.165) is 19.1 Å². The van der Waals surface area contributed by atoms with Crippen LogP contribution in [0.25, 0.3) is 0 Å². The molecule has 1 aliphatic carbocycles. The normalized spacial score (nSPS) is 24.2. The summed E-state index contributed by atoms with van der Waals surface area (Å²) >= 11 is 0. The molecule has 3 rings (SSSR count). The lowest BCUT2D eigenvalue weighted by atomic mass is 10.0. The van der Waals surface area contributed by atoms with Crippen LogP contribution in [0.2, 0.25) is 0 Å². The van der Waals surface area contributed by atoms with Gasteiger partial charge in [0.15, 0.2) is 0 Å². The highest BCUT2D eigenvalue weighted by Crippen LogP contribution is 2.40. The van der Waals surface area contributed by atoms with Crippen molar-refractivity contribution in [2.24, 2.45) is 5.73 Å².